The number of benzene rings is 1. The van der Waals surface area contributed by atoms with E-state index >= 15 is 0 Å². The van der Waals surface area contributed by atoms with Crippen LogP contribution in [0, 0.1) is 16.0 Å². The van der Waals surface area contributed by atoms with Gasteiger partial charge in [0.2, 0.25) is 0 Å². The first-order valence-corrected chi connectivity index (χ1v) is 6.40. The second-order valence-corrected chi connectivity index (χ2v) is 4.92. The lowest BCUT2D eigenvalue weighted by Gasteiger charge is -2.12. The summed E-state index contributed by atoms with van der Waals surface area (Å²) < 4.78 is 0.582. The Balaban J connectivity index is 2.90. The molecule has 0 radical (unpaired) electrons. The Bertz CT molecular complexity index is 461. The van der Waals surface area contributed by atoms with Crippen molar-refractivity contribution in [2.24, 2.45) is 5.92 Å². The first-order chi connectivity index (χ1) is 8.45. The molecule has 1 unspecified atom stereocenters. The lowest BCUT2D eigenvalue weighted by Crippen LogP contribution is -2.16. The number of rotatable bonds is 6. The molecule has 1 atom stereocenters. The molecule has 1 rings (SSSR count). The van der Waals surface area contributed by atoms with Crippen molar-refractivity contribution < 1.29 is 14.8 Å². The van der Waals surface area contributed by atoms with Gasteiger partial charge in [-0.25, -0.2) is 0 Å². The van der Waals surface area contributed by atoms with E-state index in [4.69, 9.17) is 5.11 Å². The number of halogens is 1. The van der Waals surface area contributed by atoms with Crippen molar-refractivity contribution in [1.82, 2.24) is 0 Å². The molecule has 0 saturated carbocycles. The Morgan fingerprint density at radius 1 is 1.56 bits per heavy atom. The van der Waals surface area contributed by atoms with Crippen LogP contribution in [0.2, 0.25) is 0 Å². The topological polar surface area (TPSA) is 80.4 Å². The quantitative estimate of drug-likeness (QED) is 0.644. The molecule has 0 amide bonds. The molecule has 0 spiro atoms. The number of nitro groups is 1. The summed E-state index contributed by atoms with van der Waals surface area (Å²) in [5.41, 5.74) is 0.773. The molecule has 6 heteroatoms. The Morgan fingerprint density at radius 3 is 2.67 bits per heavy atom. The van der Waals surface area contributed by atoms with Crippen molar-refractivity contribution in [2.45, 2.75) is 26.2 Å². The number of hydrogen-bond donors (Lipinski definition) is 1. The van der Waals surface area contributed by atoms with E-state index in [0.717, 1.165) is 12.0 Å². The highest BCUT2D eigenvalue weighted by atomic mass is 79.9. The van der Waals surface area contributed by atoms with E-state index in [1.165, 1.54) is 12.1 Å². The fraction of sp³-hybridized carbons (Fsp3) is 0.417. The lowest BCUT2D eigenvalue weighted by molar-refractivity contribution is -0.384. The molecule has 1 aromatic carbocycles. The van der Waals surface area contributed by atoms with Crippen LogP contribution >= 0.6 is 15.9 Å². The van der Waals surface area contributed by atoms with Crippen molar-refractivity contribution in [3.63, 3.8) is 0 Å². The molecular weight excluding hydrogens is 302 g/mol. The summed E-state index contributed by atoms with van der Waals surface area (Å²) in [6.07, 6.45) is 1.77. The van der Waals surface area contributed by atoms with Crippen LogP contribution < -0.4 is 0 Å². The van der Waals surface area contributed by atoms with Gasteiger partial charge >= 0.3 is 5.97 Å². The van der Waals surface area contributed by atoms with Gasteiger partial charge in [-0.1, -0.05) is 35.3 Å². The van der Waals surface area contributed by atoms with Crippen molar-refractivity contribution >= 4 is 27.6 Å². The molecule has 18 heavy (non-hydrogen) atoms. The maximum absolute atomic E-state index is 11.1. The van der Waals surface area contributed by atoms with Gasteiger partial charge in [0.25, 0.3) is 5.69 Å². The maximum Gasteiger partial charge on any atom is 0.306 e. The molecule has 1 N–H and O–H groups in total. The first kappa shape index (κ1) is 14.6. The highest BCUT2D eigenvalue weighted by Gasteiger charge is 2.19. The van der Waals surface area contributed by atoms with Crippen LogP contribution in [0.15, 0.2) is 22.7 Å². The van der Waals surface area contributed by atoms with Gasteiger partial charge in [0.15, 0.2) is 0 Å². The first-order valence-electron chi connectivity index (χ1n) is 5.61. The van der Waals surface area contributed by atoms with E-state index in [1.54, 1.807) is 6.07 Å². The largest absolute Gasteiger partial charge is 0.481 e. The Kier molecular flexibility index (Phi) is 5.27. The average molecular weight is 316 g/mol. The normalized spacial score (nSPS) is 12.1. The molecule has 0 aromatic heterocycles. The number of hydrogen-bond acceptors (Lipinski definition) is 3. The van der Waals surface area contributed by atoms with Crippen molar-refractivity contribution in [1.29, 1.82) is 0 Å². The molecule has 0 aliphatic heterocycles. The van der Waals surface area contributed by atoms with Gasteiger partial charge in [0, 0.05) is 16.6 Å². The van der Waals surface area contributed by atoms with Crippen LogP contribution in [0.1, 0.15) is 25.3 Å². The van der Waals surface area contributed by atoms with Crippen LogP contribution in [-0.2, 0) is 11.2 Å². The molecule has 98 valence electrons. The predicted octanol–water partition coefficient (Wildman–Crippen LogP) is 3.40. The lowest BCUT2D eigenvalue weighted by atomic mass is 9.95. The van der Waals surface area contributed by atoms with E-state index in [1.807, 2.05) is 6.92 Å². The molecular formula is C12H14BrNO4. The van der Waals surface area contributed by atoms with Gasteiger partial charge in [-0.2, -0.15) is 0 Å². The third-order valence-corrected chi connectivity index (χ3v) is 3.44. The third kappa shape index (κ3) is 3.80. The number of carbonyl (C=O) groups is 1. The van der Waals surface area contributed by atoms with Crippen LogP contribution in [0.3, 0.4) is 0 Å². The van der Waals surface area contributed by atoms with E-state index in [-0.39, 0.29) is 5.69 Å². The zero-order valence-electron chi connectivity index (χ0n) is 9.93. The summed E-state index contributed by atoms with van der Waals surface area (Å²) >= 11 is 3.25. The van der Waals surface area contributed by atoms with Crippen LogP contribution in [0.25, 0.3) is 0 Å². The Morgan fingerprint density at radius 2 is 2.22 bits per heavy atom. The van der Waals surface area contributed by atoms with Gasteiger partial charge in [-0.3, -0.25) is 14.9 Å². The van der Waals surface area contributed by atoms with Crippen molar-refractivity contribution in [3.8, 4) is 0 Å². The second-order valence-electron chi connectivity index (χ2n) is 4.06. The number of carboxylic acid groups (broad SMARTS) is 1. The highest BCUT2D eigenvalue weighted by Crippen LogP contribution is 2.26. The average Bonchev–Trinajstić information content (AvgIpc) is 2.30. The van der Waals surface area contributed by atoms with E-state index in [9.17, 15) is 14.9 Å². The van der Waals surface area contributed by atoms with E-state index in [0.29, 0.717) is 17.3 Å². The minimum atomic E-state index is -0.831. The molecule has 0 fully saturated rings. The van der Waals surface area contributed by atoms with Crippen molar-refractivity contribution in [3.05, 3.63) is 38.3 Å². The van der Waals surface area contributed by atoms with E-state index in [2.05, 4.69) is 15.9 Å². The predicted molar refractivity (Wildman–Crippen MR) is 70.5 cm³/mol. The highest BCUT2D eigenvalue weighted by molar-refractivity contribution is 9.10. The number of nitro benzene ring substituents is 1. The monoisotopic (exact) mass is 315 g/mol. The number of non-ortho nitro benzene ring substituents is 1. The second kappa shape index (κ2) is 6.49. The third-order valence-electron chi connectivity index (χ3n) is 2.70. The zero-order chi connectivity index (χ0) is 13.7. The van der Waals surface area contributed by atoms with Gasteiger partial charge in [-0.05, 0) is 18.4 Å². The molecule has 0 aliphatic rings. The van der Waals surface area contributed by atoms with Crippen LogP contribution in [-0.4, -0.2) is 16.0 Å². The summed E-state index contributed by atoms with van der Waals surface area (Å²) in [7, 11) is 0. The molecule has 0 bridgehead atoms. The van der Waals surface area contributed by atoms with Crippen LogP contribution in [0.5, 0.6) is 0 Å². The Labute approximate surface area is 113 Å². The van der Waals surface area contributed by atoms with Crippen molar-refractivity contribution in [2.75, 3.05) is 0 Å². The van der Waals surface area contributed by atoms with Gasteiger partial charge in [0.1, 0.15) is 0 Å². The fourth-order valence-corrected chi connectivity index (χ4v) is 2.27. The number of aliphatic carboxylic acids is 1. The number of carboxylic acids is 1. The fourth-order valence-electron chi connectivity index (χ4n) is 1.74. The summed E-state index contributed by atoms with van der Waals surface area (Å²) in [5, 5.41) is 19.7. The minimum absolute atomic E-state index is 0.00649. The SMILES string of the molecule is CCCC(Cc1ccc([N+](=O)[O-])cc1Br)C(=O)O. The summed E-state index contributed by atoms with van der Waals surface area (Å²) in [6.45, 7) is 1.93. The summed E-state index contributed by atoms with van der Waals surface area (Å²) in [6, 6.07) is 4.40. The minimum Gasteiger partial charge on any atom is -0.481 e. The van der Waals surface area contributed by atoms with Crippen LogP contribution in [0.4, 0.5) is 5.69 Å². The number of nitrogens with zero attached hydrogens (tertiary/aromatic N) is 1. The van der Waals surface area contributed by atoms with Gasteiger partial charge < -0.3 is 5.11 Å². The summed E-state index contributed by atoms with van der Waals surface area (Å²) in [4.78, 5) is 21.2. The van der Waals surface area contributed by atoms with Gasteiger partial charge in [0.05, 0.1) is 10.8 Å². The molecule has 5 nitrogen and oxygen atoms in total. The summed E-state index contributed by atoms with van der Waals surface area (Å²) in [5.74, 6) is -1.28. The smallest absolute Gasteiger partial charge is 0.306 e. The van der Waals surface area contributed by atoms with Gasteiger partial charge in [-0.15, -0.1) is 0 Å². The molecule has 1 aromatic rings. The molecule has 0 aliphatic carbocycles. The zero-order valence-corrected chi connectivity index (χ0v) is 11.5. The van der Waals surface area contributed by atoms with E-state index < -0.39 is 16.8 Å². The standard InChI is InChI=1S/C12H14BrNO4/c1-2-3-9(12(15)16)6-8-4-5-10(14(17)18)7-11(8)13/h4-5,7,9H,2-3,6H2,1H3,(H,15,16). The molecule has 0 heterocycles. The maximum atomic E-state index is 11.1. The molecule has 0 saturated heterocycles. The Hall–Kier alpha value is -1.43.